The summed E-state index contributed by atoms with van der Waals surface area (Å²) in [6, 6.07) is 3.88. The van der Waals surface area contributed by atoms with E-state index in [4.69, 9.17) is 4.74 Å². The van der Waals surface area contributed by atoms with Gasteiger partial charge in [0.05, 0.1) is 16.3 Å². The van der Waals surface area contributed by atoms with Crippen molar-refractivity contribution in [3.63, 3.8) is 0 Å². The smallest absolute Gasteiger partial charge is 0.135 e. The lowest BCUT2D eigenvalue weighted by molar-refractivity contribution is -0.117. The highest BCUT2D eigenvalue weighted by molar-refractivity contribution is 14.1. The van der Waals surface area contributed by atoms with Gasteiger partial charge in [-0.15, -0.1) is 0 Å². The predicted octanol–water partition coefficient (Wildman–Crippen LogP) is 3.79. The van der Waals surface area contributed by atoms with Crippen LogP contribution in [0.2, 0.25) is 0 Å². The zero-order valence-corrected chi connectivity index (χ0v) is 13.9. The molecule has 0 aliphatic rings. The lowest BCUT2D eigenvalue weighted by Gasteiger charge is -2.15. The molecule has 0 amide bonds. The molecule has 0 aromatic heterocycles. The molecule has 1 unspecified atom stereocenters. The quantitative estimate of drug-likeness (QED) is 0.737. The third kappa shape index (κ3) is 5.10. The molecule has 0 aliphatic carbocycles. The molecule has 106 valence electrons. The third-order valence-electron chi connectivity index (χ3n) is 2.86. The fourth-order valence-corrected chi connectivity index (χ4v) is 2.78. The molecule has 1 N–H and O–H groups in total. The molecule has 1 atom stereocenters. The van der Waals surface area contributed by atoms with Crippen LogP contribution in [0.1, 0.15) is 50.3 Å². The van der Waals surface area contributed by atoms with Gasteiger partial charge in [-0.3, -0.25) is 0 Å². The normalized spacial score (nSPS) is 12.3. The zero-order valence-electron chi connectivity index (χ0n) is 11.7. The van der Waals surface area contributed by atoms with Gasteiger partial charge in [0.25, 0.3) is 0 Å². The van der Waals surface area contributed by atoms with E-state index >= 15 is 0 Å². The van der Waals surface area contributed by atoms with Crippen LogP contribution in [0.4, 0.5) is 0 Å². The summed E-state index contributed by atoms with van der Waals surface area (Å²) < 4.78 is 6.71. The predicted molar refractivity (Wildman–Crippen MR) is 84.6 cm³/mol. The largest absolute Gasteiger partial charge is 0.492 e. The Morgan fingerprint density at radius 2 is 2.16 bits per heavy atom. The van der Waals surface area contributed by atoms with Gasteiger partial charge in [0.15, 0.2) is 0 Å². The molecule has 0 heterocycles. The Hall–Kier alpha value is -0.620. The molecule has 0 spiro atoms. The van der Waals surface area contributed by atoms with E-state index in [1.165, 1.54) is 0 Å². The van der Waals surface area contributed by atoms with E-state index in [9.17, 15) is 9.90 Å². The van der Waals surface area contributed by atoms with Crippen molar-refractivity contribution in [3.05, 3.63) is 26.8 Å². The summed E-state index contributed by atoms with van der Waals surface area (Å²) in [4.78, 5) is 11.0. The van der Waals surface area contributed by atoms with Crippen LogP contribution in [0.3, 0.4) is 0 Å². The highest BCUT2D eigenvalue weighted by Gasteiger charge is 2.13. The number of Topliss-reactive ketones (excluding diaryl/α,β-unsaturated/α-hetero) is 1. The number of ether oxygens (including phenoxy) is 1. The van der Waals surface area contributed by atoms with Crippen LogP contribution in [0.5, 0.6) is 5.75 Å². The molecule has 1 aromatic rings. The summed E-state index contributed by atoms with van der Waals surface area (Å²) in [5.74, 6) is 0.998. The second-order valence-electron chi connectivity index (χ2n) is 4.75. The highest BCUT2D eigenvalue weighted by atomic mass is 127. The number of aryl methyl sites for hydroxylation is 1. The van der Waals surface area contributed by atoms with E-state index in [1.54, 1.807) is 6.92 Å². The molecule has 1 aromatic carbocycles. The highest BCUT2D eigenvalue weighted by Crippen LogP contribution is 2.30. The van der Waals surface area contributed by atoms with Crippen LogP contribution < -0.4 is 4.74 Å². The number of carbonyl (C=O) groups is 1. The average molecular weight is 376 g/mol. The zero-order chi connectivity index (χ0) is 14.4. The second kappa shape index (κ2) is 7.85. The van der Waals surface area contributed by atoms with Crippen molar-refractivity contribution in [1.82, 2.24) is 0 Å². The minimum absolute atomic E-state index is 0.105. The van der Waals surface area contributed by atoms with Gasteiger partial charge in [-0.1, -0.05) is 6.92 Å². The van der Waals surface area contributed by atoms with Crippen molar-refractivity contribution in [2.75, 3.05) is 6.61 Å². The Kier molecular flexibility index (Phi) is 6.79. The summed E-state index contributed by atoms with van der Waals surface area (Å²) in [6.07, 6.45) is 1.26. The van der Waals surface area contributed by atoms with Crippen molar-refractivity contribution < 1.29 is 14.6 Å². The first-order valence-electron chi connectivity index (χ1n) is 6.56. The molecule has 19 heavy (non-hydrogen) atoms. The molecule has 0 radical (unpaired) electrons. The Morgan fingerprint density at radius 3 is 2.68 bits per heavy atom. The van der Waals surface area contributed by atoms with Gasteiger partial charge in [-0.25, -0.2) is 0 Å². The van der Waals surface area contributed by atoms with E-state index in [2.05, 4.69) is 29.5 Å². The number of hydrogen-bond acceptors (Lipinski definition) is 3. The van der Waals surface area contributed by atoms with Crippen LogP contribution >= 0.6 is 22.6 Å². The van der Waals surface area contributed by atoms with Gasteiger partial charge >= 0.3 is 0 Å². The monoisotopic (exact) mass is 376 g/mol. The summed E-state index contributed by atoms with van der Waals surface area (Å²) in [6.45, 7) is 6.29. The third-order valence-corrected chi connectivity index (χ3v) is 3.66. The summed E-state index contributed by atoms with van der Waals surface area (Å²) in [5.41, 5.74) is 1.88. The Bertz CT molecular complexity index is 420. The maximum absolute atomic E-state index is 11.0. The number of hydrogen-bond donors (Lipinski definition) is 1. The molecule has 0 saturated carbocycles. The molecular formula is C15H21IO3. The van der Waals surface area contributed by atoms with Crippen molar-refractivity contribution in [3.8, 4) is 5.75 Å². The lowest BCUT2D eigenvalue weighted by atomic mass is 10.0. The van der Waals surface area contributed by atoms with Crippen molar-refractivity contribution in [2.45, 2.75) is 46.1 Å². The van der Waals surface area contributed by atoms with Crippen LogP contribution in [0.25, 0.3) is 0 Å². The number of aliphatic hydroxyl groups excluding tert-OH is 1. The van der Waals surface area contributed by atoms with E-state index in [1.807, 2.05) is 19.1 Å². The van der Waals surface area contributed by atoms with Gasteiger partial charge in [0, 0.05) is 6.42 Å². The van der Waals surface area contributed by atoms with Crippen LogP contribution in [-0.4, -0.2) is 17.5 Å². The van der Waals surface area contributed by atoms with E-state index in [0.29, 0.717) is 19.4 Å². The number of halogens is 1. The maximum Gasteiger partial charge on any atom is 0.135 e. The van der Waals surface area contributed by atoms with Gasteiger partial charge < -0.3 is 14.6 Å². The topological polar surface area (TPSA) is 46.5 Å². The van der Waals surface area contributed by atoms with Crippen molar-refractivity contribution in [1.29, 1.82) is 0 Å². The number of ketones is 1. The molecule has 0 aliphatic heterocycles. The fraction of sp³-hybridized carbons (Fsp3) is 0.533. The first kappa shape index (κ1) is 16.4. The van der Waals surface area contributed by atoms with Crippen LogP contribution in [0.15, 0.2) is 12.1 Å². The first-order valence-corrected chi connectivity index (χ1v) is 7.64. The van der Waals surface area contributed by atoms with Crippen LogP contribution in [-0.2, 0) is 4.79 Å². The second-order valence-corrected chi connectivity index (χ2v) is 5.92. The molecule has 0 bridgehead atoms. The molecule has 3 nitrogen and oxygen atoms in total. The lowest BCUT2D eigenvalue weighted by Crippen LogP contribution is -2.04. The minimum atomic E-state index is -0.587. The summed E-state index contributed by atoms with van der Waals surface area (Å²) >= 11 is 2.22. The van der Waals surface area contributed by atoms with Gasteiger partial charge in [0.2, 0.25) is 0 Å². The fourth-order valence-electron chi connectivity index (χ4n) is 1.84. The van der Waals surface area contributed by atoms with E-state index in [-0.39, 0.29) is 5.78 Å². The maximum atomic E-state index is 11.0. The van der Waals surface area contributed by atoms with Crippen LogP contribution in [0, 0.1) is 10.5 Å². The number of benzene rings is 1. The Labute approximate surface area is 128 Å². The standard InChI is InChI=1S/C15H21IO3/c1-4-7-19-15-10(2)8-12(9-13(15)16)14(18)6-5-11(3)17/h8-9,14,18H,4-7H2,1-3H3. The van der Waals surface area contributed by atoms with E-state index in [0.717, 1.165) is 26.9 Å². The number of rotatable bonds is 7. The molecular weight excluding hydrogens is 355 g/mol. The first-order chi connectivity index (χ1) is 8.95. The van der Waals surface area contributed by atoms with Crippen molar-refractivity contribution in [2.24, 2.45) is 0 Å². The van der Waals surface area contributed by atoms with Gasteiger partial charge in [-0.2, -0.15) is 0 Å². The Balaban J connectivity index is 2.84. The van der Waals surface area contributed by atoms with Crippen molar-refractivity contribution >= 4 is 28.4 Å². The Morgan fingerprint density at radius 1 is 1.47 bits per heavy atom. The number of aliphatic hydroxyl groups is 1. The average Bonchev–Trinajstić information content (AvgIpc) is 2.34. The SMILES string of the molecule is CCCOc1c(C)cc(C(O)CCC(C)=O)cc1I. The molecule has 4 heteroatoms. The summed E-state index contributed by atoms with van der Waals surface area (Å²) in [5, 5.41) is 10.1. The summed E-state index contributed by atoms with van der Waals surface area (Å²) in [7, 11) is 0. The molecule has 0 saturated heterocycles. The molecule has 0 fully saturated rings. The van der Waals surface area contributed by atoms with E-state index < -0.39 is 6.10 Å². The molecule has 1 rings (SSSR count). The van der Waals surface area contributed by atoms with Gasteiger partial charge in [0.1, 0.15) is 11.5 Å². The number of carbonyl (C=O) groups excluding carboxylic acids is 1. The minimum Gasteiger partial charge on any atom is -0.492 e. The van der Waals surface area contributed by atoms with Gasteiger partial charge in [-0.05, 0) is 72.5 Å².